The average molecular weight is 418 g/mol. The lowest BCUT2D eigenvalue weighted by Gasteiger charge is -2.30. The van der Waals surface area contributed by atoms with Crippen LogP contribution in [0.4, 0.5) is 4.39 Å². The van der Waals surface area contributed by atoms with Gasteiger partial charge in [0.05, 0.1) is 11.7 Å². The Balaban J connectivity index is 1.65. The predicted molar refractivity (Wildman–Crippen MR) is 106 cm³/mol. The molecule has 0 spiro atoms. The van der Waals surface area contributed by atoms with Crippen molar-refractivity contribution in [1.29, 1.82) is 0 Å². The topological polar surface area (TPSA) is 75.6 Å². The maximum atomic E-state index is 13.6. The summed E-state index contributed by atoms with van der Waals surface area (Å²) in [5.74, 6) is -1.74. The average Bonchev–Trinajstić information content (AvgIpc) is 2.97. The largest absolute Gasteiger partial charge is 0.489 e. The van der Waals surface area contributed by atoms with E-state index in [9.17, 15) is 19.1 Å². The zero-order chi connectivity index (χ0) is 20.8. The molecule has 7 heteroatoms. The van der Waals surface area contributed by atoms with E-state index in [1.807, 2.05) is 0 Å². The number of carboxylic acids is 1. The van der Waals surface area contributed by atoms with Crippen LogP contribution < -0.4 is 10.1 Å². The second kappa shape index (κ2) is 7.34. The Morgan fingerprint density at radius 2 is 1.93 bits per heavy atom. The fourth-order valence-electron chi connectivity index (χ4n) is 3.93. The van der Waals surface area contributed by atoms with Crippen molar-refractivity contribution in [1.82, 2.24) is 5.32 Å². The third kappa shape index (κ3) is 3.69. The normalized spacial score (nSPS) is 20.7. The molecule has 152 valence electrons. The van der Waals surface area contributed by atoms with Crippen molar-refractivity contribution >= 4 is 23.5 Å². The van der Waals surface area contributed by atoms with Crippen molar-refractivity contribution in [2.45, 2.75) is 50.7 Å². The number of aliphatic carboxylic acids is 1. The Hall–Kier alpha value is -2.60. The van der Waals surface area contributed by atoms with Crippen LogP contribution in [0.3, 0.4) is 0 Å². The van der Waals surface area contributed by atoms with Gasteiger partial charge in [0, 0.05) is 17.9 Å². The lowest BCUT2D eigenvalue weighted by Crippen LogP contribution is -2.55. The molecule has 2 aromatic rings. The Morgan fingerprint density at radius 1 is 1.21 bits per heavy atom. The third-order valence-corrected chi connectivity index (χ3v) is 5.95. The SMILES string of the molecule is Cc1cc(Cl)cc(C(=O)NC2(C(=O)O)Cc3ccc(F)cc3C2)c1OC1CCC1. The highest BCUT2D eigenvalue weighted by atomic mass is 35.5. The molecule has 4 rings (SSSR count). The number of fused-ring (bicyclic) bond motifs is 1. The van der Waals surface area contributed by atoms with Crippen LogP contribution in [0.25, 0.3) is 0 Å². The zero-order valence-electron chi connectivity index (χ0n) is 15.9. The molecule has 1 fully saturated rings. The zero-order valence-corrected chi connectivity index (χ0v) is 16.7. The molecule has 5 nitrogen and oxygen atoms in total. The van der Waals surface area contributed by atoms with E-state index in [2.05, 4.69) is 5.32 Å². The van der Waals surface area contributed by atoms with Gasteiger partial charge in [-0.15, -0.1) is 0 Å². The van der Waals surface area contributed by atoms with Gasteiger partial charge in [0.15, 0.2) is 0 Å². The summed E-state index contributed by atoms with van der Waals surface area (Å²) in [6.45, 7) is 1.80. The minimum Gasteiger partial charge on any atom is -0.489 e. The molecule has 0 radical (unpaired) electrons. The molecule has 1 atom stereocenters. The van der Waals surface area contributed by atoms with Crippen LogP contribution in [0, 0.1) is 12.7 Å². The van der Waals surface area contributed by atoms with Gasteiger partial charge in [0.2, 0.25) is 0 Å². The van der Waals surface area contributed by atoms with Gasteiger partial charge in [-0.2, -0.15) is 0 Å². The number of carbonyl (C=O) groups excluding carboxylic acids is 1. The molecule has 1 saturated carbocycles. The molecule has 2 aliphatic carbocycles. The van der Waals surface area contributed by atoms with Crippen molar-refractivity contribution < 1.29 is 23.8 Å². The van der Waals surface area contributed by atoms with E-state index < -0.39 is 23.2 Å². The molecule has 29 heavy (non-hydrogen) atoms. The summed E-state index contributed by atoms with van der Waals surface area (Å²) in [5.41, 5.74) is 0.681. The summed E-state index contributed by atoms with van der Waals surface area (Å²) < 4.78 is 19.6. The van der Waals surface area contributed by atoms with Gasteiger partial charge >= 0.3 is 5.97 Å². The molecule has 0 aliphatic heterocycles. The second-order valence-corrected chi connectivity index (χ2v) is 8.31. The number of amides is 1. The maximum absolute atomic E-state index is 13.6. The number of carbonyl (C=O) groups is 2. The van der Waals surface area contributed by atoms with E-state index >= 15 is 0 Å². The minimum absolute atomic E-state index is 0.0134. The first-order chi connectivity index (χ1) is 13.8. The molecule has 0 aromatic heterocycles. The van der Waals surface area contributed by atoms with E-state index in [4.69, 9.17) is 16.3 Å². The first-order valence-corrected chi connectivity index (χ1v) is 9.95. The summed E-state index contributed by atoms with van der Waals surface area (Å²) in [5, 5.41) is 13.0. The monoisotopic (exact) mass is 417 g/mol. The highest BCUT2D eigenvalue weighted by molar-refractivity contribution is 6.31. The number of benzene rings is 2. The molecule has 2 aromatic carbocycles. The van der Waals surface area contributed by atoms with Crippen LogP contribution in [0.15, 0.2) is 30.3 Å². The standard InChI is InChI=1S/C22H21ClFNO4/c1-12-7-15(23)9-18(19(12)29-17-3-2-4-17)20(26)25-22(21(27)28)10-13-5-6-16(24)8-14(13)11-22/h5-9,17H,2-4,10-11H2,1H3,(H,25,26)(H,27,28). The molecule has 2 aliphatic rings. The van der Waals surface area contributed by atoms with E-state index in [0.29, 0.717) is 21.9 Å². The van der Waals surface area contributed by atoms with Gasteiger partial charge in [0.1, 0.15) is 17.1 Å². The van der Waals surface area contributed by atoms with Gasteiger partial charge in [-0.1, -0.05) is 17.7 Å². The van der Waals surface area contributed by atoms with Crippen LogP contribution in [0.1, 0.15) is 46.3 Å². The Kier molecular flexibility index (Phi) is 4.99. The third-order valence-electron chi connectivity index (χ3n) is 5.74. The van der Waals surface area contributed by atoms with E-state index in [0.717, 1.165) is 24.8 Å². The highest BCUT2D eigenvalue weighted by Crippen LogP contribution is 2.35. The van der Waals surface area contributed by atoms with Gasteiger partial charge in [0.25, 0.3) is 5.91 Å². The van der Waals surface area contributed by atoms with Crippen LogP contribution in [-0.2, 0) is 17.6 Å². The first kappa shape index (κ1) is 19.7. The van der Waals surface area contributed by atoms with Gasteiger partial charge < -0.3 is 15.2 Å². The number of nitrogens with one attached hydrogen (secondary N) is 1. The molecular formula is C22H21ClFNO4. The van der Waals surface area contributed by atoms with Crippen LogP contribution in [0.2, 0.25) is 5.02 Å². The lowest BCUT2D eigenvalue weighted by atomic mass is 9.94. The van der Waals surface area contributed by atoms with Gasteiger partial charge in [-0.3, -0.25) is 4.79 Å². The molecule has 0 heterocycles. The van der Waals surface area contributed by atoms with Crippen molar-refractivity contribution in [2.24, 2.45) is 0 Å². The minimum atomic E-state index is -1.54. The van der Waals surface area contributed by atoms with E-state index in [1.165, 1.54) is 18.2 Å². The van der Waals surface area contributed by atoms with Crippen molar-refractivity contribution in [3.05, 3.63) is 63.4 Å². The van der Waals surface area contributed by atoms with Gasteiger partial charge in [-0.25, -0.2) is 9.18 Å². The van der Waals surface area contributed by atoms with Gasteiger partial charge in [-0.05, 0) is 67.1 Å². The number of aryl methyl sites for hydroxylation is 1. The summed E-state index contributed by atoms with van der Waals surface area (Å²) in [6, 6.07) is 7.39. The number of ether oxygens (including phenoxy) is 1. The number of hydrogen-bond donors (Lipinski definition) is 2. The molecule has 1 unspecified atom stereocenters. The van der Waals surface area contributed by atoms with Crippen LogP contribution in [0.5, 0.6) is 5.75 Å². The predicted octanol–water partition coefficient (Wildman–Crippen LogP) is 4.07. The smallest absolute Gasteiger partial charge is 0.330 e. The van der Waals surface area contributed by atoms with Crippen LogP contribution >= 0.6 is 11.6 Å². The Morgan fingerprint density at radius 3 is 2.59 bits per heavy atom. The molecule has 0 bridgehead atoms. The molecular weight excluding hydrogens is 397 g/mol. The molecule has 1 amide bonds. The number of hydrogen-bond acceptors (Lipinski definition) is 3. The van der Waals surface area contributed by atoms with Crippen LogP contribution in [-0.4, -0.2) is 28.6 Å². The highest BCUT2D eigenvalue weighted by Gasteiger charge is 2.46. The van der Waals surface area contributed by atoms with Crippen molar-refractivity contribution in [3.63, 3.8) is 0 Å². The lowest BCUT2D eigenvalue weighted by molar-refractivity contribution is -0.144. The summed E-state index contributed by atoms with van der Waals surface area (Å²) in [4.78, 5) is 25.3. The summed E-state index contributed by atoms with van der Waals surface area (Å²) in [6.07, 6.45) is 3.07. The molecule has 0 saturated heterocycles. The number of halogens is 2. The fourth-order valence-corrected chi connectivity index (χ4v) is 4.21. The fraction of sp³-hybridized carbons (Fsp3) is 0.364. The molecule has 2 N–H and O–H groups in total. The van der Waals surface area contributed by atoms with Crippen molar-refractivity contribution in [2.75, 3.05) is 0 Å². The van der Waals surface area contributed by atoms with Crippen molar-refractivity contribution in [3.8, 4) is 5.75 Å². The number of carboxylic acid groups (broad SMARTS) is 1. The number of rotatable bonds is 5. The van der Waals surface area contributed by atoms with E-state index in [1.54, 1.807) is 19.1 Å². The second-order valence-electron chi connectivity index (χ2n) is 7.88. The summed E-state index contributed by atoms with van der Waals surface area (Å²) in [7, 11) is 0. The Labute approximate surface area is 172 Å². The first-order valence-electron chi connectivity index (χ1n) is 9.57. The maximum Gasteiger partial charge on any atom is 0.330 e. The van der Waals surface area contributed by atoms with E-state index in [-0.39, 0.29) is 24.5 Å². The quantitative estimate of drug-likeness (QED) is 0.768. The Bertz CT molecular complexity index is 1000. The summed E-state index contributed by atoms with van der Waals surface area (Å²) >= 11 is 6.16.